The molecule has 0 radical (unpaired) electrons. The smallest absolute Gasteiger partial charge is 0.272 e. The number of rotatable bonds is 4. The Kier molecular flexibility index (Phi) is 4.01. The zero-order valence-electron chi connectivity index (χ0n) is 9.93. The summed E-state index contributed by atoms with van der Waals surface area (Å²) in [5.74, 6) is 0.320. The van der Waals surface area contributed by atoms with Gasteiger partial charge in [0.25, 0.3) is 5.69 Å². The standard InChI is InChI=1S/C12H18N2O2/c1-8(2)11(13)7-10-5-4-9(3)6-12(10)14(15)16/h4-6,8,11H,7,13H2,1-3H3. The number of hydrogen-bond acceptors (Lipinski definition) is 3. The van der Waals surface area contributed by atoms with Crippen LogP contribution in [0.1, 0.15) is 25.0 Å². The van der Waals surface area contributed by atoms with Crippen molar-refractivity contribution in [3.8, 4) is 0 Å². The van der Waals surface area contributed by atoms with Crippen molar-refractivity contribution in [1.82, 2.24) is 0 Å². The van der Waals surface area contributed by atoms with E-state index in [-0.39, 0.29) is 16.7 Å². The van der Waals surface area contributed by atoms with Crippen LogP contribution in [0.5, 0.6) is 0 Å². The largest absolute Gasteiger partial charge is 0.327 e. The average Bonchev–Trinajstić information content (AvgIpc) is 2.20. The molecule has 0 amide bonds. The van der Waals surface area contributed by atoms with Crippen LogP contribution in [-0.4, -0.2) is 11.0 Å². The minimum absolute atomic E-state index is 0.0404. The molecule has 1 aromatic rings. The third kappa shape index (κ3) is 3.03. The summed E-state index contributed by atoms with van der Waals surface area (Å²) in [6, 6.07) is 5.24. The third-order valence-corrected chi connectivity index (χ3v) is 2.75. The van der Waals surface area contributed by atoms with Gasteiger partial charge in [-0.3, -0.25) is 10.1 Å². The zero-order valence-corrected chi connectivity index (χ0v) is 9.93. The first-order valence-corrected chi connectivity index (χ1v) is 5.41. The third-order valence-electron chi connectivity index (χ3n) is 2.75. The molecule has 0 heterocycles. The van der Waals surface area contributed by atoms with E-state index in [2.05, 4.69) is 0 Å². The van der Waals surface area contributed by atoms with E-state index in [1.807, 2.05) is 26.8 Å². The minimum atomic E-state index is -0.338. The minimum Gasteiger partial charge on any atom is -0.327 e. The Bertz CT molecular complexity index is 389. The van der Waals surface area contributed by atoms with E-state index < -0.39 is 0 Å². The van der Waals surface area contributed by atoms with Crippen LogP contribution in [0.15, 0.2) is 18.2 Å². The normalized spacial score (nSPS) is 12.8. The molecule has 1 unspecified atom stereocenters. The van der Waals surface area contributed by atoms with Crippen molar-refractivity contribution in [2.45, 2.75) is 33.2 Å². The van der Waals surface area contributed by atoms with Gasteiger partial charge in [-0.15, -0.1) is 0 Å². The lowest BCUT2D eigenvalue weighted by atomic mass is 9.96. The highest BCUT2D eigenvalue weighted by molar-refractivity contribution is 5.43. The Morgan fingerprint density at radius 2 is 2.06 bits per heavy atom. The molecule has 0 aliphatic rings. The molecule has 0 saturated heterocycles. The predicted molar refractivity (Wildman–Crippen MR) is 64.4 cm³/mol. The summed E-state index contributed by atoms with van der Waals surface area (Å²) in [7, 11) is 0. The van der Waals surface area contributed by atoms with Crippen molar-refractivity contribution in [2.24, 2.45) is 11.7 Å². The van der Waals surface area contributed by atoms with Gasteiger partial charge < -0.3 is 5.73 Å². The van der Waals surface area contributed by atoms with Gasteiger partial charge in [0.1, 0.15) is 0 Å². The Hall–Kier alpha value is -1.42. The molecular weight excluding hydrogens is 204 g/mol. The Labute approximate surface area is 95.6 Å². The van der Waals surface area contributed by atoms with E-state index in [0.29, 0.717) is 12.3 Å². The van der Waals surface area contributed by atoms with Gasteiger partial charge >= 0.3 is 0 Å². The summed E-state index contributed by atoms with van der Waals surface area (Å²) in [6.45, 7) is 5.88. The molecule has 0 aliphatic heterocycles. The molecule has 4 nitrogen and oxygen atoms in total. The zero-order chi connectivity index (χ0) is 12.3. The molecule has 0 fully saturated rings. The van der Waals surface area contributed by atoms with E-state index >= 15 is 0 Å². The summed E-state index contributed by atoms with van der Waals surface area (Å²) in [5, 5.41) is 10.9. The molecule has 0 spiro atoms. The van der Waals surface area contributed by atoms with Gasteiger partial charge in [-0.1, -0.05) is 26.0 Å². The number of hydrogen-bond donors (Lipinski definition) is 1. The SMILES string of the molecule is Cc1ccc(CC(N)C(C)C)c([N+](=O)[O-])c1. The number of nitro benzene ring substituents is 1. The molecule has 0 aromatic heterocycles. The van der Waals surface area contributed by atoms with Gasteiger partial charge in [0.05, 0.1) is 4.92 Å². The van der Waals surface area contributed by atoms with Crippen molar-refractivity contribution in [1.29, 1.82) is 0 Å². The maximum Gasteiger partial charge on any atom is 0.272 e. The maximum atomic E-state index is 10.9. The van der Waals surface area contributed by atoms with Gasteiger partial charge in [-0.05, 0) is 24.8 Å². The Morgan fingerprint density at radius 3 is 2.56 bits per heavy atom. The van der Waals surface area contributed by atoms with Gasteiger partial charge in [-0.2, -0.15) is 0 Å². The first kappa shape index (κ1) is 12.6. The summed E-state index contributed by atoms with van der Waals surface area (Å²) in [5.41, 5.74) is 7.73. The van der Waals surface area contributed by atoms with Crippen molar-refractivity contribution < 1.29 is 4.92 Å². The van der Waals surface area contributed by atoms with Crippen LogP contribution in [0.2, 0.25) is 0 Å². The van der Waals surface area contributed by atoms with E-state index in [4.69, 9.17) is 5.73 Å². The molecule has 4 heteroatoms. The van der Waals surface area contributed by atoms with Crippen LogP contribution < -0.4 is 5.73 Å². The fourth-order valence-electron chi connectivity index (χ4n) is 1.51. The molecule has 88 valence electrons. The van der Waals surface area contributed by atoms with Gasteiger partial charge in [-0.25, -0.2) is 0 Å². The van der Waals surface area contributed by atoms with Crippen LogP contribution in [0.25, 0.3) is 0 Å². The molecular formula is C12H18N2O2. The number of nitro groups is 1. The Morgan fingerprint density at radius 1 is 1.44 bits per heavy atom. The maximum absolute atomic E-state index is 10.9. The monoisotopic (exact) mass is 222 g/mol. The second-order valence-electron chi connectivity index (χ2n) is 4.50. The number of nitrogens with zero attached hydrogens (tertiary/aromatic N) is 1. The van der Waals surface area contributed by atoms with E-state index in [1.54, 1.807) is 12.1 Å². The summed E-state index contributed by atoms with van der Waals surface area (Å²) >= 11 is 0. The lowest BCUT2D eigenvalue weighted by molar-refractivity contribution is -0.385. The molecule has 2 N–H and O–H groups in total. The molecule has 0 aliphatic carbocycles. The Balaban J connectivity index is 2.99. The van der Waals surface area contributed by atoms with Crippen molar-refractivity contribution in [3.63, 3.8) is 0 Å². The highest BCUT2D eigenvalue weighted by Gasteiger charge is 2.17. The van der Waals surface area contributed by atoms with Gasteiger partial charge in [0.15, 0.2) is 0 Å². The van der Waals surface area contributed by atoms with Crippen LogP contribution >= 0.6 is 0 Å². The van der Waals surface area contributed by atoms with E-state index in [9.17, 15) is 10.1 Å². The lowest BCUT2D eigenvalue weighted by Crippen LogP contribution is -2.29. The summed E-state index contributed by atoms with van der Waals surface area (Å²) in [6.07, 6.45) is 0.550. The molecule has 16 heavy (non-hydrogen) atoms. The van der Waals surface area contributed by atoms with Crippen molar-refractivity contribution >= 4 is 5.69 Å². The fourth-order valence-corrected chi connectivity index (χ4v) is 1.51. The van der Waals surface area contributed by atoms with E-state index in [0.717, 1.165) is 11.1 Å². The lowest BCUT2D eigenvalue weighted by Gasteiger charge is -2.15. The number of nitrogens with two attached hydrogens (primary N) is 1. The molecule has 0 bridgehead atoms. The first-order chi connectivity index (χ1) is 7.41. The van der Waals surface area contributed by atoms with Crippen LogP contribution in [0.3, 0.4) is 0 Å². The quantitative estimate of drug-likeness (QED) is 0.628. The molecule has 1 aromatic carbocycles. The second-order valence-corrected chi connectivity index (χ2v) is 4.50. The van der Waals surface area contributed by atoms with Crippen LogP contribution in [0, 0.1) is 23.0 Å². The summed E-state index contributed by atoms with van der Waals surface area (Å²) < 4.78 is 0. The van der Waals surface area contributed by atoms with E-state index in [1.165, 1.54) is 0 Å². The summed E-state index contributed by atoms with van der Waals surface area (Å²) in [4.78, 5) is 10.6. The topological polar surface area (TPSA) is 69.2 Å². The van der Waals surface area contributed by atoms with Gasteiger partial charge in [0.2, 0.25) is 0 Å². The molecule has 0 saturated carbocycles. The van der Waals surface area contributed by atoms with Crippen molar-refractivity contribution in [2.75, 3.05) is 0 Å². The second kappa shape index (κ2) is 5.07. The first-order valence-electron chi connectivity index (χ1n) is 5.41. The van der Waals surface area contributed by atoms with Crippen LogP contribution in [-0.2, 0) is 6.42 Å². The molecule has 1 rings (SSSR count). The van der Waals surface area contributed by atoms with Crippen LogP contribution in [0.4, 0.5) is 5.69 Å². The molecule has 1 atom stereocenters. The van der Waals surface area contributed by atoms with Gasteiger partial charge in [0, 0.05) is 17.7 Å². The number of benzene rings is 1. The average molecular weight is 222 g/mol. The van der Waals surface area contributed by atoms with Crippen molar-refractivity contribution in [3.05, 3.63) is 39.4 Å². The highest BCUT2D eigenvalue weighted by atomic mass is 16.6. The number of aryl methyl sites for hydroxylation is 1. The fraction of sp³-hybridized carbons (Fsp3) is 0.500. The highest BCUT2D eigenvalue weighted by Crippen LogP contribution is 2.22. The predicted octanol–water partition coefficient (Wildman–Crippen LogP) is 2.43.